The molecule has 0 spiro atoms. The Morgan fingerprint density at radius 1 is 0.554 bits per heavy atom. The molecule has 3 heterocycles. The van der Waals surface area contributed by atoms with Crippen LogP contribution in [0, 0.1) is 0 Å². The molecule has 1 aromatic heterocycles. The van der Waals surface area contributed by atoms with Crippen LogP contribution in [0.5, 0.6) is 11.5 Å². The number of rotatable bonds is 4. The van der Waals surface area contributed by atoms with Crippen molar-refractivity contribution in [3.8, 4) is 39.4 Å². The molecule has 2 aliphatic rings. The number of nitrogens with zero attached hydrogens (tertiary/aromatic N) is 2. The van der Waals surface area contributed by atoms with E-state index in [0.717, 1.165) is 83.6 Å². The van der Waals surface area contributed by atoms with E-state index in [-0.39, 0.29) is 36.3 Å². The summed E-state index contributed by atoms with van der Waals surface area (Å²) in [4.78, 5) is 2.40. The predicted molar refractivity (Wildman–Crippen MR) is 236 cm³/mol. The van der Waals surface area contributed by atoms with Gasteiger partial charge in [0.25, 0.3) is 6.71 Å². The Morgan fingerprint density at radius 3 is 1.95 bits per heavy atom. The third-order valence-electron chi connectivity index (χ3n) is 11.5. The molecule has 266 valence electrons. The summed E-state index contributed by atoms with van der Waals surface area (Å²) in [6.45, 7) is 6.35. The summed E-state index contributed by atoms with van der Waals surface area (Å²) >= 11 is 0. The van der Waals surface area contributed by atoms with Gasteiger partial charge in [0.1, 0.15) is 11.5 Å². The lowest BCUT2D eigenvalue weighted by atomic mass is 9.34. The van der Waals surface area contributed by atoms with Gasteiger partial charge in [-0.2, -0.15) is 0 Å². The Labute approximate surface area is 333 Å². The van der Waals surface area contributed by atoms with E-state index in [1.807, 2.05) is 28.8 Å². The van der Waals surface area contributed by atoms with Crippen LogP contribution in [-0.2, 0) is 5.41 Å². The van der Waals surface area contributed by atoms with Crippen LogP contribution in [0.25, 0.3) is 49.7 Å². The Kier molecular flexibility index (Phi) is 6.33. The Balaban J connectivity index is 1.30. The summed E-state index contributed by atoms with van der Waals surface area (Å²) in [6.07, 6.45) is 0. The maximum absolute atomic E-state index is 9.42. The second-order valence-electron chi connectivity index (χ2n) is 15.8. The first kappa shape index (κ1) is 28.6. The molecule has 2 aliphatic heterocycles. The van der Waals surface area contributed by atoms with E-state index >= 15 is 0 Å². The summed E-state index contributed by atoms with van der Waals surface area (Å²) in [5.41, 5.74) is 13.5. The Hall–Kier alpha value is -6.78. The number of hydrogen-bond acceptors (Lipinski definition) is 2. The van der Waals surface area contributed by atoms with Gasteiger partial charge < -0.3 is 14.2 Å². The van der Waals surface area contributed by atoms with E-state index in [0.29, 0.717) is 16.7 Å². The summed E-state index contributed by atoms with van der Waals surface area (Å²) in [5, 5.41) is 1.28. The first-order chi connectivity index (χ1) is 29.1. The molecule has 0 fully saturated rings. The standard InChI is InChI=1S/C52H39BN2O/c1-52(2,3)36-29-30-45-41(31-36)40-21-10-13-26-44(40)54(45)37-32-47-50-49(33-37)56-48-28-15-12-25-43(48)53(50)42-24-11-14-27-46(42)55(47)51-38(34-17-6-4-7-18-34)22-16-23-39(51)35-19-8-5-9-20-35/h4-33H,1-3H3/i10D,13D,21D,26D. The molecular formula is C52H39BN2O. The van der Waals surface area contributed by atoms with Crippen molar-refractivity contribution in [1.82, 2.24) is 4.57 Å². The van der Waals surface area contributed by atoms with Crippen molar-refractivity contribution in [2.45, 2.75) is 26.2 Å². The smallest absolute Gasteiger partial charge is 0.256 e. The van der Waals surface area contributed by atoms with Gasteiger partial charge in [0.05, 0.1) is 27.9 Å². The fourth-order valence-electron chi connectivity index (χ4n) is 8.94. The van der Waals surface area contributed by atoms with Gasteiger partial charge in [-0.15, -0.1) is 0 Å². The summed E-state index contributed by atoms with van der Waals surface area (Å²) in [7, 11) is 0. The predicted octanol–water partition coefficient (Wildman–Crippen LogP) is 11.8. The molecular weight excluding hydrogens is 679 g/mol. The fraction of sp³-hybridized carbons (Fsp3) is 0.0769. The lowest BCUT2D eigenvalue weighted by molar-refractivity contribution is 0.487. The van der Waals surface area contributed by atoms with E-state index in [2.05, 4.69) is 159 Å². The second kappa shape index (κ2) is 12.4. The molecule has 11 rings (SSSR count). The van der Waals surface area contributed by atoms with Crippen molar-refractivity contribution < 1.29 is 10.2 Å². The summed E-state index contributed by atoms with van der Waals surface area (Å²) in [6, 6.07) is 54.4. The van der Waals surface area contributed by atoms with Gasteiger partial charge in [-0.1, -0.05) is 160 Å². The summed E-state index contributed by atoms with van der Waals surface area (Å²) in [5.74, 6) is 1.49. The topological polar surface area (TPSA) is 17.4 Å². The van der Waals surface area contributed by atoms with Gasteiger partial charge in [-0.05, 0) is 74.9 Å². The highest BCUT2D eigenvalue weighted by atomic mass is 16.5. The van der Waals surface area contributed by atoms with Crippen molar-refractivity contribution in [3.05, 3.63) is 187 Å². The van der Waals surface area contributed by atoms with Crippen LogP contribution in [0.3, 0.4) is 0 Å². The molecule has 0 saturated heterocycles. The average molecular weight is 723 g/mol. The molecule has 0 aliphatic carbocycles. The monoisotopic (exact) mass is 722 g/mol. The van der Waals surface area contributed by atoms with Crippen LogP contribution in [0.2, 0.25) is 0 Å². The van der Waals surface area contributed by atoms with Crippen molar-refractivity contribution in [1.29, 1.82) is 0 Å². The number of hydrogen-bond donors (Lipinski definition) is 0. The van der Waals surface area contributed by atoms with Gasteiger partial charge in [-0.25, -0.2) is 0 Å². The molecule has 0 bridgehead atoms. The lowest BCUT2D eigenvalue weighted by Crippen LogP contribution is -2.59. The second-order valence-corrected chi connectivity index (χ2v) is 15.8. The Bertz CT molecular complexity index is 3170. The van der Waals surface area contributed by atoms with E-state index in [1.165, 1.54) is 0 Å². The minimum absolute atomic E-state index is 0.0507. The molecule has 0 amide bonds. The number of fused-ring (bicyclic) bond motifs is 7. The highest BCUT2D eigenvalue weighted by Gasteiger charge is 2.43. The van der Waals surface area contributed by atoms with Crippen molar-refractivity contribution in [3.63, 3.8) is 0 Å². The molecule has 4 heteroatoms. The quantitative estimate of drug-likeness (QED) is 0.168. The zero-order chi connectivity index (χ0) is 41.0. The zero-order valence-corrected chi connectivity index (χ0v) is 31.4. The fourth-order valence-corrected chi connectivity index (χ4v) is 8.94. The van der Waals surface area contributed by atoms with Crippen molar-refractivity contribution in [2.24, 2.45) is 0 Å². The van der Waals surface area contributed by atoms with Crippen LogP contribution >= 0.6 is 0 Å². The first-order valence-corrected chi connectivity index (χ1v) is 19.2. The van der Waals surface area contributed by atoms with Gasteiger partial charge in [0, 0.05) is 39.3 Å². The zero-order valence-electron chi connectivity index (χ0n) is 35.4. The number of anilines is 3. The third kappa shape index (κ3) is 4.92. The largest absolute Gasteiger partial charge is 0.458 e. The maximum Gasteiger partial charge on any atom is 0.256 e. The van der Waals surface area contributed by atoms with Crippen LogP contribution < -0.4 is 26.0 Å². The number of benzene rings is 8. The number of ether oxygens (including phenoxy) is 1. The van der Waals surface area contributed by atoms with Crippen LogP contribution in [0.4, 0.5) is 17.1 Å². The third-order valence-corrected chi connectivity index (χ3v) is 11.5. The van der Waals surface area contributed by atoms with Crippen LogP contribution in [0.1, 0.15) is 31.8 Å². The van der Waals surface area contributed by atoms with E-state index < -0.39 is 0 Å². The SMILES string of the molecule is [2H]c1c([2H])c([2H])c2c(c1[2H])c1cc(C(C)(C)C)ccc1n2-c1cc2c3c(c1)N(c1c(-c4ccccc4)cccc1-c1ccccc1)c1ccccc1B3c1ccccc1O2. The average Bonchev–Trinajstić information content (AvgIpc) is 3.62. The number of para-hydroxylation sites is 4. The van der Waals surface area contributed by atoms with Gasteiger partial charge in [0.15, 0.2) is 0 Å². The van der Waals surface area contributed by atoms with Crippen LogP contribution in [0.15, 0.2) is 182 Å². The van der Waals surface area contributed by atoms with E-state index in [4.69, 9.17) is 7.48 Å². The van der Waals surface area contributed by atoms with Gasteiger partial charge in [0.2, 0.25) is 0 Å². The van der Waals surface area contributed by atoms with Crippen molar-refractivity contribution >= 4 is 62.0 Å². The lowest BCUT2D eigenvalue weighted by Gasteiger charge is -2.41. The molecule has 0 unspecified atom stereocenters. The molecule has 0 saturated carbocycles. The maximum atomic E-state index is 9.42. The molecule has 56 heavy (non-hydrogen) atoms. The molecule has 0 N–H and O–H groups in total. The highest BCUT2D eigenvalue weighted by molar-refractivity contribution is 6.99. The number of aromatic nitrogens is 1. The molecule has 0 radical (unpaired) electrons. The highest BCUT2D eigenvalue weighted by Crippen LogP contribution is 2.49. The Morgan fingerprint density at radius 2 is 1.21 bits per heavy atom. The summed E-state index contributed by atoms with van der Waals surface area (Å²) < 4.78 is 45.3. The van der Waals surface area contributed by atoms with Crippen molar-refractivity contribution in [2.75, 3.05) is 4.90 Å². The molecule has 9 aromatic rings. The molecule has 0 atom stereocenters. The minimum atomic E-state index is -0.267. The first-order valence-electron chi connectivity index (χ1n) is 21.2. The van der Waals surface area contributed by atoms with E-state index in [9.17, 15) is 2.74 Å². The normalized spacial score (nSPS) is 14.0. The van der Waals surface area contributed by atoms with Crippen LogP contribution in [-0.4, -0.2) is 11.3 Å². The molecule has 3 nitrogen and oxygen atoms in total. The van der Waals surface area contributed by atoms with Gasteiger partial charge in [-0.3, -0.25) is 0 Å². The molecule has 8 aromatic carbocycles. The minimum Gasteiger partial charge on any atom is -0.458 e. The van der Waals surface area contributed by atoms with Gasteiger partial charge >= 0.3 is 0 Å². The van der Waals surface area contributed by atoms with E-state index in [1.54, 1.807) is 0 Å².